The molecule has 1 N–H and O–H groups in total. The van der Waals surface area contributed by atoms with Gasteiger partial charge in [-0.1, -0.05) is 29.2 Å². The van der Waals surface area contributed by atoms with Crippen molar-refractivity contribution >= 4 is 40.3 Å². The zero-order chi connectivity index (χ0) is 12.1. The molecule has 0 bridgehead atoms. The highest BCUT2D eigenvalue weighted by atomic mass is 32.2. The van der Waals surface area contributed by atoms with Crippen molar-refractivity contribution in [1.82, 2.24) is 15.5 Å². The fraction of sp³-hybridized carbons (Fsp3) is 0.300. The molecular weight excluding hydrogens is 274 g/mol. The van der Waals surface area contributed by atoms with E-state index in [1.54, 1.807) is 16.8 Å². The van der Waals surface area contributed by atoms with Gasteiger partial charge in [0.15, 0.2) is 4.34 Å². The molecule has 0 saturated heterocycles. The van der Waals surface area contributed by atoms with E-state index in [0.29, 0.717) is 5.75 Å². The standard InChI is InChI=1S/C10H11N3OS3/c1-7(8-3-2-4-15-8)12-9(14)5-16-10-13-11-6-17-10/h2-4,6-7H,5H2,1H3,(H,12,14). The van der Waals surface area contributed by atoms with Gasteiger partial charge < -0.3 is 5.32 Å². The molecule has 0 aliphatic rings. The lowest BCUT2D eigenvalue weighted by Gasteiger charge is -2.11. The number of carbonyl (C=O) groups excluding carboxylic acids is 1. The molecule has 1 unspecified atom stereocenters. The van der Waals surface area contributed by atoms with Gasteiger partial charge in [0, 0.05) is 4.88 Å². The predicted molar refractivity (Wildman–Crippen MR) is 71.5 cm³/mol. The molecule has 7 heteroatoms. The average Bonchev–Trinajstić information content (AvgIpc) is 2.99. The number of thioether (sulfide) groups is 1. The molecule has 0 spiro atoms. The summed E-state index contributed by atoms with van der Waals surface area (Å²) in [5.41, 5.74) is 1.66. The molecule has 0 aromatic carbocycles. The molecule has 2 heterocycles. The average molecular weight is 285 g/mol. The van der Waals surface area contributed by atoms with Gasteiger partial charge >= 0.3 is 0 Å². The number of carbonyl (C=O) groups is 1. The first-order valence-electron chi connectivity index (χ1n) is 4.97. The molecule has 1 atom stereocenters. The van der Waals surface area contributed by atoms with E-state index in [2.05, 4.69) is 15.5 Å². The van der Waals surface area contributed by atoms with Crippen molar-refractivity contribution in [3.63, 3.8) is 0 Å². The topological polar surface area (TPSA) is 54.9 Å². The third kappa shape index (κ3) is 3.79. The third-order valence-electron chi connectivity index (χ3n) is 2.01. The second-order valence-electron chi connectivity index (χ2n) is 3.30. The highest BCUT2D eigenvalue weighted by Crippen LogP contribution is 2.20. The second kappa shape index (κ2) is 6.13. The number of hydrogen-bond acceptors (Lipinski definition) is 6. The molecule has 0 aliphatic carbocycles. The van der Waals surface area contributed by atoms with Crippen LogP contribution in [-0.4, -0.2) is 21.9 Å². The summed E-state index contributed by atoms with van der Waals surface area (Å²) < 4.78 is 0.823. The molecule has 4 nitrogen and oxygen atoms in total. The number of nitrogens with one attached hydrogen (secondary N) is 1. The fourth-order valence-electron chi connectivity index (χ4n) is 1.25. The number of rotatable bonds is 5. The lowest BCUT2D eigenvalue weighted by molar-refractivity contribution is -0.119. The van der Waals surface area contributed by atoms with Crippen LogP contribution in [-0.2, 0) is 4.79 Å². The summed E-state index contributed by atoms with van der Waals surface area (Å²) in [6.07, 6.45) is 0. The van der Waals surface area contributed by atoms with Crippen LogP contribution in [0.15, 0.2) is 27.4 Å². The van der Waals surface area contributed by atoms with E-state index in [0.717, 1.165) is 4.34 Å². The Balaban J connectivity index is 1.77. The van der Waals surface area contributed by atoms with Crippen LogP contribution in [0, 0.1) is 0 Å². The van der Waals surface area contributed by atoms with Crippen LogP contribution >= 0.6 is 34.4 Å². The number of thiophene rings is 1. The Hall–Kier alpha value is -0.920. The summed E-state index contributed by atoms with van der Waals surface area (Å²) in [6.45, 7) is 1.99. The Morgan fingerprint density at radius 3 is 3.12 bits per heavy atom. The van der Waals surface area contributed by atoms with Gasteiger partial charge in [0.05, 0.1) is 11.8 Å². The predicted octanol–water partition coefficient (Wildman–Crippen LogP) is 2.57. The molecule has 0 radical (unpaired) electrons. The highest BCUT2D eigenvalue weighted by Gasteiger charge is 2.11. The van der Waals surface area contributed by atoms with Crippen LogP contribution in [0.4, 0.5) is 0 Å². The summed E-state index contributed by atoms with van der Waals surface area (Å²) in [5, 5.41) is 12.5. The SMILES string of the molecule is CC(NC(=O)CSc1nncs1)c1cccs1. The van der Waals surface area contributed by atoms with Gasteiger partial charge in [-0.15, -0.1) is 21.5 Å². The zero-order valence-corrected chi connectivity index (χ0v) is 11.6. The van der Waals surface area contributed by atoms with Crippen molar-refractivity contribution in [3.05, 3.63) is 27.9 Å². The van der Waals surface area contributed by atoms with Gasteiger partial charge in [-0.3, -0.25) is 4.79 Å². The smallest absolute Gasteiger partial charge is 0.230 e. The zero-order valence-electron chi connectivity index (χ0n) is 9.12. The maximum absolute atomic E-state index is 11.7. The summed E-state index contributed by atoms with van der Waals surface area (Å²) in [4.78, 5) is 12.8. The minimum absolute atomic E-state index is 0.0195. The number of amides is 1. The van der Waals surface area contributed by atoms with E-state index in [1.165, 1.54) is 28.0 Å². The summed E-state index contributed by atoms with van der Waals surface area (Å²) in [5.74, 6) is 0.399. The molecule has 0 fully saturated rings. The van der Waals surface area contributed by atoms with Crippen LogP contribution in [0.2, 0.25) is 0 Å². The van der Waals surface area contributed by atoms with Crippen LogP contribution in [0.5, 0.6) is 0 Å². The van der Waals surface area contributed by atoms with Crippen molar-refractivity contribution in [2.75, 3.05) is 5.75 Å². The van der Waals surface area contributed by atoms with Crippen molar-refractivity contribution in [2.45, 2.75) is 17.3 Å². The summed E-state index contributed by atoms with van der Waals surface area (Å²) in [6, 6.07) is 4.07. The molecule has 2 rings (SSSR count). The van der Waals surface area contributed by atoms with Crippen molar-refractivity contribution in [3.8, 4) is 0 Å². The molecule has 0 aliphatic heterocycles. The molecule has 90 valence electrons. The van der Waals surface area contributed by atoms with Crippen molar-refractivity contribution in [1.29, 1.82) is 0 Å². The van der Waals surface area contributed by atoms with Gasteiger partial charge in [-0.05, 0) is 18.4 Å². The van der Waals surface area contributed by atoms with E-state index >= 15 is 0 Å². The highest BCUT2D eigenvalue weighted by molar-refractivity contribution is 8.01. The van der Waals surface area contributed by atoms with Crippen LogP contribution in [0.1, 0.15) is 17.8 Å². The lowest BCUT2D eigenvalue weighted by Crippen LogP contribution is -2.27. The minimum atomic E-state index is 0.0195. The van der Waals surface area contributed by atoms with E-state index in [4.69, 9.17) is 0 Å². The van der Waals surface area contributed by atoms with Gasteiger partial charge in [0.1, 0.15) is 5.51 Å². The van der Waals surface area contributed by atoms with Crippen LogP contribution in [0.25, 0.3) is 0 Å². The van der Waals surface area contributed by atoms with Gasteiger partial charge in [0.2, 0.25) is 5.91 Å². The fourth-order valence-corrected chi connectivity index (χ4v) is 3.28. The van der Waals surface area contributed by atoms with Gasteiger partial charge in [-0.2, -0.15) is 0 Å². The Morgan fingerprint density at radius 1 is 1.59 bits per heavy atom. The largest absolute Gasteiger partial charge is 0.348 e. The summed E-state index contributed by atoms with van der Waals surface area (Å²) in [7, 11) is 0. The van der Waals surface area contributed by atoms with E-state index in [9.17, 15) is 4.79 Å². The van der Waals surface area contributed by atoms with E-state index in [1.807, 2.05) is 24.4 Å². The Bertz CT molecular complexity index is 455. The molecule has 1 amide bonds. The number of aromatic nitrogens is 2. The number of hydrogen-bond donors (Lipinski definition) is 1. The normalized spacial score (nSPS) is 12.3. The molecule has 0 saturated carbocycles. The van der Waals surface area contributed by atoms with Gasteiger partial charge in [0.25, 0.3) is 0 Å². The first-order chi connectivity index (χ1) is 8.25. The number of nitrogens with zero attached hydrogens (tertiary/aromatic N) is 2. The van der Waals surface area contributed by atoms with Crippen LogP contribution in [0.3, 0.4) is 0 Å². The van der Waals surface area contributed by atoms with Crippen molar-refractivity contribution in [2.24, 2.45) is 0 Å². The Kier molecular flexibility index (Phi) is 4.52. The molecular formula is C10H11N3OS3. The van der Waals surface area contributed by atoms with E-state index < -0.39 is 0 Å². The Morgan fingerprint density at radius 2 is 2.47 bits per heavy atom. The summed E-state index contributed by atoms with van der Waals surface area (Å²) >= 11 is 4.50. The van der Waals surface area contributed by atoms with Gasteiger partial charge in [-0.25, -0.2) is 0 Å². The first kappa shape index (κ1) is 12.5. The first-order valence-corrected chi connectivity index (χ1v) is 7.72. The minimum Gasteiger partial charge on any atom is -0.348 e. The maximum Gasteiger partial charge on any atom is 0.230 e. The molecule has 17 heavy (non-hydrogen) atoms. The molecule has 2 aromatic rings. The second-order valence-corrected chi connectivity index (χ2v) is 6.33. The third-order valence-corrected chi connectivity index (χ3v) is 4.93. The van der Waals surface area contributed by atoms with Crippen molar-refractivity contribution < 1.29 is 4.79 Å². The van der Waals surface area contributed by atoms with E-state index in [-0.39, 0.29) is 11.9 Å². The quantitative estimate of drug-likeness (QED) is 0.858. The van der Waals surface area contributed by atoms with Crippen LogP contribution < -0.4 is 5.32 Å². The maximum atomic E-state index is 11.7. The lowest BCUT2D eigenvalue weighted by atomic mass is 10.3. The molecule has 2 aromatic heterocycles. The monoisotopic (exact) mass is 285 g/mol. The Labute approximate surface area is 111 Å².